The molecule has 4 aliphatic carbocycles. The van der Waals surface area contributed by atoms with Crippen molar-refractivity contribution in [1.29, 1.82) is 0 Å². The van der Waals surface area contributed by atoms with E-state index in [-0.39, 0.29) is 0 Å². The molecule has 0 aliphatic heterocycles. The van der Waals surface area contributed by atoms with Gasteiger partial charge in [-0.2, -0.15) is 0 Å². The summed E-state index contributed by atoms with van der Waals surface area (Å²) in [5.74, 6) is 5.77. The standard InChI is InChI=1S/C27H44O/c1-19(18-28)8-7-9-20(2)23-13-14-24-22-12-11-21-10-5-6-16-26(21,3)25(22)15-17-27(23,24)4/h18,20-25H,1,5-17H2,2-4H3/t20-,21?,22+,23-,24+,25+,26+,27-/m1/s1. The van der Waals surface area contributed by atoms with Crippen LogP contribution >= 0.6 is 0 Å². The molecule has 0 bridgehead atoms. The Hall–Kier alpha value is -0.590. The van der Waals surface area contributed by atoms with Crippen LogP contribution in [0, 0.1) is 46.3 Å². The van der Waals surface area contributed by atoms with Gasteiger partial charge in [0.05, 0.1) is 0 Å². The van der Waals surface area contributed by atoms with E-state index in [4.69, 9.17) is 0 Å². The fraction of sp³-hybridized carbons (Fsp3) is 0.889. The van der Waals surface area contributed by atoms with Crippen molar-refractivity contribution >= 4 is 6.29 Å². The molecule has 158 valence electrons. The van der Waals surface area contributed by atoms with E-state index >= 15 is 0 Å². The Morgan fingerprint density at radius 3 is 2.57 bits per heavy atom. The maximum absolute atomic E-state index is 10.8. The quantitative estimate of drug-likeness (QED) is 0.340. The van der Waals surface area contributed by atoms with Crippen molar-refractivity contribution in [2.75, 3.05) is 0 Å². The zero-order valence-electron chi connectivity index (χ0n) is 18.8. The fourth-order valence-corrected chi connectivity index (χ4v) is 9.18. The van der Waals surface area contributed by atoms with Gasteiger partial charge in [0, 0.05) is 0 Å². The molecule has 0 aromatic carbocycles. The predicted molar refractivity (Wildman–Crippen MR) is 118 cm³/mol. The van der Waals surface area contributed by atoms with Crippen molar-refractivity contribution < 1.29 is 4.79 Å². The Bertz CT molecular complexity index is 593. The zero-order valence-corrected chi connectivity index (χ0v) is 18.8. The Morgan fingerprint density at radius 2 is 1.79 bits per heavy atom. The summed E-state index contributed by atoms with van der Waals surface area (Å²) in [5, 5.41) is 0. The van der Waals surface area contributed by atoms with Crippen molar-refractivity contribution in [2.45, 2.75) is 104 Å². The third-order valence-corrected chi connectivity index (χ3v) is 10.7. The number of carbonyl (C=O) groups is 1. The Morgan fingerprint density at radius 1 is 1.00 bits per heavy atom. The number of hydrogen-bond acceptors (Lipinski definition) is 1. The minimum Gasteiger partial charge on any atom is -0.298 e. The van der Waals surface area contributed by atoms with Gasteiger partial charge in [-0.25, -0.2) is 0 Å². The van der Waals surface area contributed by atoms with Crippen LogP contribution in [-0.4, -0.2) is 6.29 Å². The molecule has 0 aromatic heterocycles. The van der Waals surface area contributed by atoms with Crippen molar-refractivity contribution in [3.05, 3.63) is 12.2 Å². The predicted octanol–water partition coefficient (Wildman–Crippen LogP) is 7.60. The highest BCUT2D eigenvalue weighted by Gasteiger charge is 2.59. The molecular weight excluding hydrogens is 340 g/mol. The first kappa shape index (κ1) is 20.7. The third-order valence-electron chi connectivity index (χ3n) is 10.7. The van der Waals surface area contributed by atoms with Gasteiger partial charge in [-0.15, -0.1) is 0 Å². The average Bonchev–Trinajstić information content (AvgIpc) is 3.04. The van der Waals surface area contributed by atoms with Crippen LogP contribution in [0.2, 0.25) is 0 Å². The maximum Gasteiger partial charge on any atom is 0.145 e. The van der Waals surface area contributed by atoms with Gasteiger partial charge in [-0.05, 0) is 116 Å². The molecule has 0 spiro atoms. The largest absolute Gasteiger partial charge is 0.298 e. The lowest BCUT2D eigenvalue weighted by Gasteiger charge is -2.61. The Labute approximate surface area is 174 Å². The molecule has 4 aliphatic rings. The number of carbonyl (C=O) groups excluding carboxylic acids is 1. The van der Waals surface area contributed by atoms with Gasteiger partial charge in [-0.1, -0.05) is 46.6 Å². The summed E-state index contributed by atoms with van der Waals surface area (Å²) in [6.45, 7) is 11.8. The van der Waals surface area contributed by atoms with Gasteiger partial charge in [0.25, 0.3) is 0 Å². The molecule has 1 nitrogen and oxygen atoms in total. The van der Waals surface area contributed by atoms with Crippen LogP contribution in [0.25, 0.3) is 0 Å². The van der Waals surface area contributed by atoms with Crippen LogP contribution in [-0.2, 0) is 4.79 Å². The Kier molecular flexibility index (Phi) is 5.85. The molecule has 28 heavy (non-hydrogen) atoms. The summed E-state index contributed by atoms with van der Waals surface area (Å²) in [6, 6.07) is 0. The number of rotatable bonds is 6. The van der Waals surface area contributed by atoms with Crippen molar-refractivity contribution in [3.8, 4) is 0 Å². The van der Waals surface area contributed by atoms with Gasteiger partial charge in [0.1, 0.15) is 6.29 Å². The first-order valence-electron chi connectivity index (χ1n) is 12.5. The molecule has 4 saturated carbocycles. The van der Waals surface area contributed by atoms with E-state index in [0.717, 1.165) is 60.2 Å². The lowest BCUT2D eigenvalue weighted by molar-refractivity contribution is -0.114. The molecule has 0 aromatic rings. The van der Waals surface area contributed by atoms with Crippen molar-refractivity contribution in [1.82, 2.24) is 0 Å². The smallest absolute Gasteiger partial charge is 0.145 e. The summed E-state index contributed by atoms with van der Waals surface area (Å²) >= 11 is 0. The van der Waals surface area contributed by atoms with Crippen LogP contribution < -0.4 is 0 Å². The molecule has 0 saturated heterocycles. The van der Waals surface area contributed by atoms with E-state index in [1.807, 2.05) is 0 Å². The number of hydrogen-bond donors (Lipinski definition) is 0. The monoisotopic (exact) mass is 384 g/mol. The van der Waals surface area contributed by atoms with Gasteiger partial charge >= 0.3 is 0 Å². The number of aldehydes is 1. The molecule has 0 heterocycles. The van der Waals surface area contributed by atoms with Gasteiger partial charge in [-0.3, -0.25) is 4.79 Å². The molecule has 0 radical (unpaired) electrons. The van der Waals surface area contributed by atoms with Gasteiger partial charge in [0.2, 0.25) is 0 Å². The van der Waals surface area contributed by atoms with E-state index in [1.54, 1.807) is 0 Å². The first-order valence-corrected chi connectivity index (χ1v) is 12.5. The van der Waals surface area contributed by atoms with Crippen LogP contribution in [0.5, 0.6) is 0 Å². The van der Waals surface area contributed by atoms with Crippen molar-refractivity contribution in [2.24, 2.45) is 46.3 Å². The summed E-state index contributed by atoms with van der Waals surface area (Å²) < 4.78 is 0. The average molecular weight is 385 g/mol. The highest BCUT2D eigenvalue weighted by Crippen LogP contribution is 2.68. The van der Waals surface area contributed by atoms with Crippen molar-refractivity contribution in [3.63, 3.8) is 0 Å². The van der Waals surface area contributed by atoms with Crippen LogP contribution in [0.3, 0.4) is 0 Å². The lowest BCUT2D eigenvalue weighted by Crippen LogP contribution is -2.53. The number of fused-ring (bicyclic) bond motifs is 5. The number of allylic oxidation sites excluding steroid dienone is 1. The molecule has 1 unspecified atom stereocenters. The highest BCUT2D eigenvalue weighted by molar-refractivity contribution is 5.71. The van der Waals surface area contributed by atoms with E-state index < -0.39 is 0 Å². The first-order chi connectivity index (χ1) is 13.4. The minimum absolute atomic E-state index is 0.583. The molecule has 4 fully saturated rings. The molecule has 0 amide bonds. The molecule has 8 atom stereocenters. The summed E-state index contributed by atoms with van der Waals surface area (Å²) in [5.41, 5.74) is 2.03. The zero-order chi connectivity index (χ0) is 19.9. The summed E-state index contributed by atoms with van der Waals surface area (Å²) in [7, 11) is 0. The Balaban J connectivity index is 1.44. The normalized spacial score (nSPS) is 46.2. The molecule has 4 rings (SSSR count). The van der Waals surface area contributed by atoms with E-state index in [1.165, 1.54) is 70.6 Å². The van der Waals surface area contributed by atoms with Gasteiger partial charge in [0.15, 0.2) is 0 Å². The SMILES string of the molecule is C=C(C=O)CCC[C@@H](C)[C@H]1CC[C@H]2[C@@H]3CCC4CCCC[C@]4(C)[C@H]3CC[C@]12C. The lowest BCUT2D eigenvalue weighted by atomic mass is 9.44. The highest BCUT2D eigenvalue weighted by atomic mass is 16.1. The van der Waals surface area contributed by atoms with E-state index in [9.17, 15) is 4.79 Å². The van der Waals surface area contributed by atoms with Gasteiger partial charge < -0.3 is 0 Å². The molecule has 0 N–H and O–H groups in total. The fourth-order valence-electron chi connectivity index (χ4n) is 9.18. The second-order valence-corrected chi connectivity index (χ2v) is 11.8. The second-order valence-electron chi connectivity index (χ2n) is 11.8. The summed E-state index contributed by atoms with van der Waals surface area (Å²) in [6.07, 6.45) is 19.3. The topological polar surface area (TPSA) is 17.1 Å². The van der Waals surface area contributed by atoms with E-state index in [0.29, 0.717) is 10.8 Å². The molecule has 1 heteroatoms. The van der Waals surface area contributed by atoms with E-state index in [2.05, 4.69) is 27.4 Å². The van der Waals surface area contributed by atoms with Crippen LogP contribution in [0.1, 0.15) is 104 Å². The second kappa shape index (κ2) is 7.92. The minimum atomic E-state index is 0.583. The maximum atomic E-state index is 10.8. The van der Waals surface area contributed by atoms with Crippen LogP contribution in [0.4, 0.5) is 0 Å². The molecular formula is C27H44O. The summed E-state index contributed by atoms with van der Waals surface area (Å²) in [4.78, 5) is 10.8. The third kappa shape index (κ3) is 3.33. The van der Waals surface area contributed by atoms with Crippen LogP contribution in [0.15, 0.2) is 12.2 Å².